The molecule has 2 nitrogen and oxygen atoms in total. The van der Waals surface area contributed by atoms with Crippen molar-refractivity contribution in [2.24, 2.45) is 0 Å². The van der Waals surface area contributed by atoms with Gasteiger partial charge in [-0.05, 0) is 41.6 Å². The molecule has 0 aliphatic heterocycles. The van der Waals surface area contributed by atoms with Gasteiger partial charge in [-0.25, -0.2) is 4.79 Å². The Morgan fingerprint density at radius 2 is 1.52 bits per heavy atom. The summed E-state index contributed by atoms with van der Waals surface area (Å²) in [5.41, 5.74) is 5.54. The smallest absolute Gasteiger partial charge is 0.334 e. The number of ether oxygens (including phenoxy) is 1. The van der Waals surface area contributed by atoms with Gasteiger partial charge in [0.25, 0.3) is 0 Å². The second kappa shape index (κ2) is 8.84. The molecule has 3 rings (SSSR count). The number of esters is 1. The van der Waals surface area contributed by atoms with E-state index in [1.165, 1.54) is 10.4 Å². The standard InChI is InChI=1S/C26H30O2Si/c1-5-28-25(27)24-18-12-13-21(24)19-20-29(26(2,3)4,22-14-8-6-9-15-22)23-16-10-7-11-17-23/h6-11,14-17H,5,12-13,18H2,1-4H3. The van der Waals surface area contributed by atoms with Gasteiger partial charge in [0.05, 0.1) is 6.61 Å². The first kappa shape index (κ1) is 21.1. The Labute approximate surface area is 176 Å². The molecule has 1 aliphatic rings. The average Bonchev–Trinajstić information content (AvgIpc) is 3.18. The van der Waals surface area contributed by atoms with Crippen LogP contribution in [0.2, 0.25) is 5.04 Å². The van der Waals surface area contributed by atoms with E-state index in [1.807, 2.05) is 6.92 Å². The summed E-state index contributed by atoms with van der Waals surface area (Å²) in [6.45, 7) is 9.13. The summed E-state index contributed by atoms with van der Waals surface area (Å²) >= 11 is 0. The molecule has 0 aromatic heterocycles. The molecule has 0 heterocycles. The van der Waals surface area contributed by atoms with E-state index in [9.17, 15) is 4.79 Å². The number of hydrogen-bond acceptors (Lipinski definition) is 2. The topological polar surface area (TPSA) is 26.3 Å². The van der Waals surface area contributed by atoms with Crippen molar-refractivity contribution in [2.45, 2.75) is 52.0 Å². The maximum Gasteiger partial charge on any atom is 0.334 e. The van der Waals surface area contributed by atoms with Crippen LogP contribution in [0.15, 0.2) is 71.8 Å². The van der Waals surface area contributed by atoms with Crippen molar-refractivity contribution in [2.75, 3.05) is 6.61 Å². The fraction of sp³-hybridized carbons (Fsp3) is 0.346. The summed E-state index contributed by atoms with van der Waals surface area (Å²) in [6, 6.07) is 21.4. The molecule has 0 fully saturated rings. The molecule has 0 unspecified atom stereocenters. The van der Waals surface area contributed by atoms with Gasteiger partial charge >= 0.3 is 5.97 Å². The second-order valence-corrected chi connectivity index (χ2v) is 12.9. The van der Waals surface area contributed by atoms with E-state index in [4.69, 9.17) is 4.74 Å². The van der Waals surface area contributed by atoms with Crippen LogP contribution in [0.1, 0.15) is 47.0 Å². The van der Waals surface area contributed by atoms with Crippen molar-refractivity contribution in [3.63, 3.8) is 0 Å². The molecule has 150 valence electrons. The van der Waals surface area contributed by atoms with Crippen LogP contribution in [0, 0.1) is 11.5 Å². The van der Waals surface area contributed by atoms with Crippen molar-refractivity contribution < 1.29 is 9.53 Å². The van der Waals surface area contributed by atoms with Crippen LogP contribution in [0.25, 0.3) is 0 Å². The van der Waals surface area contributed by atoms with E-state index >= 15 is 0 Å². The van der Waals surface area contributed by atoms with Gasteiger partial charge in [0.15, 0.2) is 0 Å². The number of benzene rings is 2. The normalized spacial score (nSPS) is 14.3. The minimum absolute atomic E-state index is 0.0219. The fourth-order valence-corrected chi connectivity index (χ4v) is 8.69. The zero-order valence-corrected chi connectivity index (χ0v) is 18.9. The highest BCUT2D eigenvalue weighted by molar-refractivity contribution is 7.10. The molecule has 0 bridgehead atoms. The van der Waals surface area contributed by atoms with Crippen LogP contribution in [-0.2, 0) is 9.53 Å². The zero-order chi connectivity index (χ0) is 20.9. The largest absolute Gasteiger partial charge is 0.463 e. The van der Waals surface area contributed by atoms with E-state index < -0.39 is 8.07 Å². The van der Waals surface area contributed by atoms with E-state index in [0.717, 1.165) is 30.4 Å². The molecule has 2 aromatic rings. The maximum absolute atomic E-state index is 12.4. The van der Waals surface area contributed by atoms with Gasteiger partial charge in [-0.1, -0.05) is 87.4 Å². The Morgan fingerprint density at radius 1 is 0.966 bits per heavy atom. The summed E-state index contributed by atoms with van der Waals surface area (Å²) < 4.78 is 5.27. The second-order valence-electron chi connectivity index (χ2n) is 8.51. The number of allylic oxidation sites excluding steroid dienone is 1. The maximum atomic E-state index is 12.4. The summed E-state index contributed by atoms with van der Waals surface area (Å²) in [5.74, 6) is 3.31. The number of hydrogen-bond donors (Lipinski definition) is 0. The van der Waals surface area contributed by atoms with Crippen molar-refractivity contribution in [1.82, 2.24) is 0 Å². The third-order valence-corrected chi connectivity index (χ3v) is 10.8. The first-order valence-electron chi connectivity index (χ1n) is 10.4. The molecule has 0 amide bonds. The molecule has 0 radical (unpaired) electrons. The highest BCUT2D eigenvalue weighted by Crippen LogP contribution is 2.36. The molecule has 1 aliphatic carbocycles. The number of carbonyl (C=O) groups is 1. The third kappa shape index (κ3) is 4.23. The predicted octanol–water partition coefficient (Wildman–Crippen LogP) is 4.64. The Balaban J connectivity index is 2.22. The molecule has 0 saturated heterocycles. The highest BCUT2D eigenvalue weighted by atomic mass is 28.3. The van der Waals surface area contributed by atoms with Crippen molar-refractivity contribution in [1.29, 1.82) is 0 Å². The van der Waals surface area contributed by atoms with Crippen LogP contribution >= 0.6 is 0 Å². The average molecular weight is 403 g/mol. The van der Waals surface area contributed by atoms with Gasteiger partial charge in [0.1, 0.15) is 0 Å². The molecule has 0 N–H and O–H groups in total. The Hall–Kier alpha value is -2.57. The van der Waals surface area contributed by atoms with E-state index in [-0.39, 0.29) is 11.0 Å². The summed E-state index contributed by atoms with van der Waals surface area (Å²) in [7, 11) is -2.45. The third-order valence-electron chi connectivity index (χ3n) is 5.68. The lowest BCUT2D eigenvalue weighted by atomic mass is 10.2. The summed E-state index contributed by atoms with van der Waals surface area (Å²) in [5, 5.41) is 2.59. The fourth-order valence-electron chi connectivity index (χ4n) is 4.24. The first-order chi connectivity index (χ1) is 13.9. The molecule has 29 heavy (non-hydrogen) atoms. The molecular weight excluding hydrogens is 372 g/mol. The Kier molecular flexibility index (Phi) is 6.45. The molecular formula is C26H30O2Si. The van der Waals surface area contributed by atoms with Crippen LogP contribution in [0.5, 0.6) is 0 Å². The van der Waals surface area contributed by atoms with Crippen molar-refractivity contribution in [3.05, 3.63) is 71.8 Å². The van der Waals surface area contributed by atoms with Gasteiger partial charge in [-0.15, -0.1) is 5.54 Å². The summed E-state index contributed by atoms with van der Waals surface area (Å²) in [4.78, 5) is 12.4. The lowest BCUT2D eigenvalue weighted by molar-refractivity contribution is -0.138. The van der Waals surface area contributed by atoms with Gasteiger partial charge in [0, 0.05) is 11.1 Å². The van der Waals surface area contributed by atoms with Crippen LogP contribution in [-0.4, -0.2) is 20.7 Å². The Morgan fingerprint density at radius 3 is 2.00 bits per heavy atom. The van der Waals surface area contributed by atoms with Gasteiger partial charge < -0.3 is 4.74 Å². The molecule has 0 atom stereocenters. The molecule has 2 aromatic carbocycles. The molecule has 0 spiro atoms. The zero-order valence-electron chi connectivity index (χ0n) is 17.9. The van der Waals surface area contributed by atoms with Crippen molar-refractivity contribution >= 4 is 24.4 Å². The van der Waals surface area contributed by atoms with Crippen molar-refractivity contribution in [3.8, 4) is 11.5 Å². The highest BCUT2D eigenvalue weighted by Gasteiger charge is 2.47. The molecule has 0 saturated carbocycles. The summed E-state index contributed by atoms with van der Waals surface area (Å²) in [6.07, 6.45) is 2.60. The monoisotopic (exact) mass is 402 g/mol. The SMILES string of the molecule is CCOC(=O)C1=C(C#C[Si](c2ccccc2)(c2ccccc2)C(C)(C)C)CCC1. The minimum atomic E-state index is -2.45. The van der Waals surface area contributed by atoms with E-state index in [1.54, 1.807) is 0 Å². The first-order valence-corrected chi connectivity index (χ1v) is 12.4. The van der Waals surface area contributed by atoms with Crippen LogP contribution in [0.3, 0.4) is 0 Å². The number of carbonyl (C=O) groups excluding carboxylic acids is 1. The lowest BCUT2D eigenvalue weighted by Crippen LogP contribution is -2.63. The van der Waals surface area contributed by atoms with Gasteiger partial charge in [-0.2, -0.15) is 0 Å². The quantitative estimate of drug-likeness (QED) is 0.423. The Bertz CT molecular complexity index is 901. The minimum Gasteiger partial charge on any atom is -0.463 e. The van der Waals surface area contributed by atoms with E-state index in [2.05, 4.69) is 92.9 Å². The number of rotatable bonds is 4. The lowest BCUT2D eigenvalue weighted by Gasteiger charge is -2.39. The predicted molar refractivity (Wildman–Crippen MR) is 123 cm³/mol. The van der Waals surface area contributed by atoms with Gasteiger partial charge in [0.2, 0.25) is 8.07 Å². The van der Waals surface area contributed by atoms with Crippen LogP contribution in [0.4, 0.5) is 0 Å². The van der Waals surface area contributed by atoms with E-state index in [0.29, 0.717) is 6.61 Å². The van der Waals surface area contributed by atoms with Gasteiger partial charge in [-0.3, -0.25) is 0 Å². The molecule has 3 heteroatoms. The van der Waals surface area contributed by atoms with Crippen LogP contribution < -0.4 is 10.4 Å².